The molecule has 0 bridgehead atoms. The van der Waals surface area contributed by atoms with E-state index in [0.717, 1.165) is 21.6 Å². The topological polar surface area (TPSA) is 79.8 Å². The highest BCUT2D eigenvalue weighted by molar-refractivity contribution is 7.14. The number of nitrogens with one attached hydrogen (secondary N) is 2. The van der Waals surface area contributed by atoms with E-state index in [-0.39, 0.29) is 18.4 Å². The van der Waals surface area contributed by atoms with E-state index in [1.165, 1.54) is 11.3 Å². The predicted molar refractivity (Wildman–Crippen MR) is 130 cm³/mol. The van der Waals surface area contributed by atoms with Gasteiger partial charge in [0.15, 0.2) is 6.61 Å². The lowest BCUT2D eigenvalue weighted by Gasteiger charge is -2.10. The molecule has 0 fully saturated rings. The van der Waals surface area contributed by atoms with Gasteiger partial charge in [-0.05, 0) is 80.8 Å². The van der Waals surface area contributed by atoms with Crippen LogP contribution in [0, 0.1) is 20.8 Å². The average Bonchev–Trinajstić information content (AvgIpc) is 3.21. The minimum absolute atomic E-state index is 0.159. The summed E-state index contributed by atoms with van der Waals surface area (Å²) in [7, 11) is 0. The third kappa shape index (κ3) is 6.18. The molecule has 0 aliphatic carbocycles. The van der Waals surface area contributed by atoms with Crippen molar-refractivity contribution in [1.82, 2.24) is 5.43 Å². The molecule has 0 aliphatic rings. The largest absolute Gasteiger partial charge is 0.484 e. The zero-order valence-electron chi connectivity index (χ0n) is 18.3. The Hall–Kier alpha value is -3.16. The highest BCUT2D eigenvalue weighted by atomic mass is 35.5. The Morgan fingerprint density at radius 3 is 2.44 bits per heavy atom. The number of rotatable bonds is 7. The van der Waals surface area contributed by atoms with Crippen molar-refractivity contribution >= 4 is 46.2 Å². The Balaban J connectivity index is 1.58. The standard InChI is InChI=1S/C24H24ClN3O3S/c1-14-10-20(11-15(2)23(14)25)31-13-22(29)28-27-17(4)18-6-5-7-19(12-18)26-24(30)21-9-8-16(3)32-21/h5-12H,13H2,1-4H3,(H,26,30)(H,28,29)/b27-17+. The minimum atomic E-state index is -0.382. The van der Waals surface area contributed by atoms with Crippen molar-refractivity contribution in [2.24, 2.45) is 5.10 Å². The lowest BCUT2D eigenvalue weighted by atomic mass is 10.1. The van der Waals surface area contributed by atoms with Crippen molar-refractivity contribution < 1.29 is 14.3 Å². The number of amides is 2. The second-order valence-corrected chi connectivity index (χ2v) is 9.00. The van der Waals surface area contributed by atoms with E-state index >= 15 is 0 Å². The number of hydrogen-bond donors (Lipinski definition) is 2. The van der Waals surface area contributed by atoms with Crippen LogP contribution >= 0.6 is 22.9 Å². The van der Waals surface area contributed by atoms with Gasteiger partial charge in [-0.25, -0.2) is 5.43 Å². The Labute approximate surface area is 196 Å². The molecule has 0 saturated carbocycles. The normalized spacial score (nSPS) is 11.2. The van der Waals surface area contributed by atoms with Gasteiger partial charge in [-0.15, -0.1) is 11.3 Å². The van der Waals surface area contributed by atoms with Crippen LogP contribution in [-0.4, -0.2) is 24.1 Å². The second kappa shape index (κ2) is 10.4. The first kappa shape index (κ1) is 23.5. The van der Waals surface area contributed by atoms with Crippen LogP contribution in [0.5, 0.6) is 5.75 Å². The molecule has 2 N–H and O–H groups in total. The summed E-state index contributed by atoms with van der Waals surface area (Å²) in [6.07, 6.45) is 0. The summed E-state index contributed by atoms with van der Waals surface area (Å²) in [5.41, 5.74) is 6.28. The van der Waals surface area contributed by atoms with E-state index in [1.807, 2.05) is 39.0 Å². The number of hydrogen-bond acceptors (Lipinski definition) is 5. The van der Waals surface area contributed by atoms with Crippen molar-refractivity contribution in [2.45, 2.75) is 27.7 Å². The molecule has 1 heterocycles. The molecule has 3 aromatic rings. The minimum Gasteiger partial charge on any atom is -0.484 e. The fourth-order valence-electron chi connectivity index (χ4n) is 2.95. The first-order chi connectivity index (χ1) is 15.2. The van der Waals surface area contributed by atoms with Crippen LogP contribution in [0.3, 0.4) is 0 Å². The molecule has 6 nitrogen and oxygen atoms in total. The van der Waals surface area contributed by atoms with Crippen LogP contribution in [0.2, 0.25) is 5.02 Å². The maximum Gasteiger partial charge on any atom is 0.277 e. The van der Waals surface area contributed by atoms with Crippen LogP contribution < -0.4 is 15.5 Å². The number of anilines is 1. The van der Waals surface area contributed by atoms with Gasteiger partial charge < -0.3 is 10.1 Å². The molecular weight excluding hydrogens is 446 g/mol. The van der Waals surface area contributed by atoms with Crippen molar-refractivity contribution in [1.29, 1.82) is 0 Å². The van der Waals surface area contributed by atoms with Crippen LogP contribution in [0.4, 0.5) is 5.69 Å². The number of nitrogens with zero attached hydrogens (tertiary/aromatic N) is 1. The maximum atomic E-state index is 12.4. The van der Waals surface area contributed by atoms with Crippen LogP contribution in [0.1, 0.15) is 38.2 Å². The van der Waals surface area contributed by atoms with Gasteiger partial charge in [0.05, 0.1) is 10.6 Å². The molecule has 8 heteroatoms. The quantitative estimate of drug-likeness (QED) is 0.354. The van der Waals surface area contributed by atoms with E-state index in [1.54, 1.807) is 37.3 Å². The highest BCUT2D eigenvalue weighted by Crippen LogP contribution is 2.25. The Kier molecular flexibility index (Phi) is 7.66. The van der Waals surface area contributed by atoms with E-state index in [9.17, 15) is 9.59 Å². The number of halogens is 1. The number of aryl methyl sites for hydroxylation is 3. The number of benzene rings is 2. The van der Waals surface area contributed by atoms with E-state index in [4.69, 9.17) is 16.3 Å². The highest BCUT2D eigenvalue weighted by Gasteiger charge is 2.10. The van der Waals surface area contributed by atoms with Gasteiger partial charge in [0.25, 0.3) is 11.8 Å². The molecule has 3 rings (SSSR count). The third-order valence-electron chi connectivity index (χ3n) is 4.63. The van der Waals surface area contributed by atoms with Crippen LogP contribution in [-0.2, 0) is 4.79 Å². The van der Waals surface area contributed by atoms with Gasteiger partial charge in [0.1, 0.15) is 5.75 Å². The lowest BCUT2D eigenvalue weighted by molar-refractivity contribution is -0.123. The first-order valence-electron chi connectivity index (χ1n) is 9.94. The molecule has 0 spiro atoms. The summed E-state index contributed by atoms with van der Waals surface area (Å²) in [5.74, 6) is 0.0322. The van der Waals surface area contributed by atoms with Crippen molar-refractivity contribution in [2.75, 3.05) is 11.9 Å². The lowest BCUT2D eigenvalue weighted by Crippen LogP contribution is -2.25. The number of hydrazone groups is 1. The van der Waals surface area contributed by atoms with E-state index in [0.29, 0.717) is 27.0 Å². The zero-order valence-corrected chi connectivity index (χ0v) is 19.9. The smallest absolute Gasteiger partial charge is 0.277 e. The summed E-state index contributed by atoms with van der Waals surface area (Å²) >= 11 is 7.59. The molecule has 2 amide bonds. The molecule has 0 unspecified atom stereocenters. The summed E-state index contributed by atoms with van der Waals surface area (Å²) in [4.78, 5) is 26.2. The van der Waals surface area contributed by atoms with E-state index < -0.39 is 0 Å². The van der Waals surface area contributed by atoms with Gasteiger partial charge in [0.2, 0.25) is 0 Å². The maximum absolute atomic E-state index is 12.4. The molecule has 1 aromatic heterocycles. The monoisotopic (exact) mass is 469 g/mol. The number of thiophene rings is 1. The van der Waals surface area contributed by atoms with Gasteiger partial charge in [-0.2, -0.15) is 5.10 Å². The van der Waals surface area contributed by atoms with Crippen molar-refractivity contribution in [3.05, 3.63) is 80.0 Å². The molecule has 0 radical (unpaired) electrons. The molecule has 0 saturated heterocycles. The zero-order chi connectivity index (χ0) is 23.3. The second-order valence-electron chi connectivity index (χ2n) is 7.34. The average molecular weight is 470 g/mol. The predicted octanol–water partition coefficient (Wildman–Crippen LogP) is 5.50. The summed E-state index contributed by atoms with van der Waals surface area (Å²) in [5, 5.41) is 7.71. The number of carbonyl (C=O) groups is 2. The Morgan fingerprint density at radius 1 is 1.06 bits per heavy atom. The first-order valence-corrected chi connectivity index (χ1v) is 11.1. The molecule has 32 heavy (non-hydrogen) atoms. The fourth-order valence-corrected chi connectivity index (χ4v) is 3.82. The van der Waals surface area contributed by atoms with Gasteiger partial charge in [0, 0.05) is 15.6 Å². The SMILES string of the molecule is C/C(=N\NC(=O)COc1cc(C)c(Cl)c(C)c1)c1cccc(NC(=O)c2ccc(C)s2)c1. The Morgan fingerprint density at radius 2 is 1.78 bits per heavy atom. The number of ether oxygens (including phenoxy) is 1. The van der Waals surface area contributed by atoms with Crippen molar-refractivity contribution in [3.8, 4) is 5.75 Å². The third-order valence-corrected chi connectivity index (χ3v) is 6.23. The van der Waals surface area contributed by atoms with Gasteiger partial charge in [-0.3, -0.25) is 9.59 Å². The molecular formula is C24H24ClN3O3S. The molecule has 2 aromatic carbocycles. The summed E-state index contributed by atoms with van der Waals surface area (Å²) in [6, 6.07) is 14.6. The van der Waals surface area contributed by atoms with Gasteiger partial charge >= 0.3 is 0 Å². The molecule has 0 aliphatic heterocycles. The van der Waals surface area contributed by atoms with Crippen molar-refractivity contribution in [3.63, 3.8) is 0 Å². The van der Waals surface area contributed by atoms with Crippen LogP contribution in [0.15, 0.2) is 53.6 Å². The molecule has 166 valence electrons. The number of carbonyl (C=O) groups excluding carboxylic acids is 2. The van der Waals surface area contributed by atoms with Gasteiger partial charge in [-0.1, -0.05) is 23.7 Å². The summed E-state index contributed by atoms with van der Waals surface area (Å²) in [6.45, 7) is 7.32. The fraction of sp³-hybridized carbons (Fsp3) is 0.208. The Bertz CT molecular complexity index is 1160. The van der Waals surface area contributed by atoms with E-state index in [2.05, 4.69) is 15.8 Å². The molecule has 0 atom stereocenters. The summed E-state index contributed by atoms with van der Waals surface area (Å²) < 4.78 is 5.54. The van der Waals surface area contributed by atoms with Crippen LogP contribution in [0.25, 0.3) is 0 Å².